The lowest BCUT2D eigenvalue weighted by atomic mass is 9.99. The Morgan fingerprint density at radius 2 is 2.40 bits per heavy atom. The maximum Gasteiger partial charge on any atom is 0.408 e. The topological polar surface area (TPSA) is 38.3 Å². The summed E-state index contributed by atoms with van der Waals surface area (Å²) in [5, 5.41) is 4.88. The van der Waals surface area contributed by atoms with Crippen LogP contribution in [0.25, 0.3) is 0 Å². The molecule has 1 unspecified atom stereocenters. The molecule has 82 valence electrons. The lowest BCUT2D eigenvalue weighted by molar-refractivity contribution is 0.131. The Kier molecular flexibility index (Phi) is 2.95. The largest absolute Gasteiger partial charge is 0.438 e. The number of alkyl carbamates (subject to hydrolysis) is 1. The Morgan fingerprint density at radius 1 is 1.60 bits per heavy atom. The van der Waals surface area contributed by atoms with Gasteiger partial charge >= 0.3 is 6.09 Å². The molecular weight excluding hydrogens is 210 g/mol. The smallest absolute Gasteiger partial charge is 0.408 e. The molecule has 2 heterocycles. The molecule has 1 aliphatic heterocycles. The highest BCUT2D eigenvalue weighted by molar-refractivity contribution is 7.10. The van der Waals surface area contributed by atoms with E-state index in [1.807, 2.05) is 17.5 Å². The van der Waals surface area contributed by atoms with Crippen molar-refractivity contribution >= 4 is 17.4 Å². The van der Waals surface area contributed by atoms with Crippen molar-refractivity contribution in [2.45, 2.75) is 32.4 Å². The third-order valence-electron chi connectivity index (χ3n) is 2.45. The monoisotopic (exact) mass is 225 g/mol. The number of hydrogen-bond acceptors (Lipinski definition) is 3. The molecule has 3 nitrogen and oxygen atoms in total. The van der Waals surface area contributed by atoms with E-state index in [1.165, 1.54) is 0 Å². The quantitative estimate of drug-likeness (QED) is 0.859. The average Bonchev–Trinajstić information content (AvgIpc) is 2.72. The van der Waals surface area contributed by atoms with E-state index in [1.54, 1.807) is 11.3 Å². The van der Waals surface area contributed by atoms with E-state index in [0.717, 1.165) is 11.3 Å². The number of carbonyl (C=O) groups is 1. The Morgan fingerprint density at radius 3 is 3.00 bits per heavy atom. The molecule has 4 heteroatoms. The zero-order chi connectivity index (χ0) is 10.8. The Balaban J connectivity index is 2.12. The molecule has 2 rings (SSSR count). The summed E-state index contributed by atoms with van der Waals surface area (Å²) < 4.78 is 5.28. The van der Waals surface area contributed by atoms with Crippen molar-refractivity contribution in [2.75, 3.05) is 0 Å². The summed E-state index contributed by atoms with van der Waals surface area (Å²) in [6.45, 7) is 4.30. The van der Waals surface area contributed by atoms with Gasteiger partial charge in [0.1, 0.15) is 0 Å². The summed E-state index contributed by atoms with van der Waals surface area (Å²) in [5.74, 6) is 0.555. The molecule has 0 aliphatic carbocycles. The van der Waals surface area contributed by atoms with E-state index in [9.17, 15) is 4.79 Å². The van der Waals surface area contributed by atoms with Crippen LogP contribution in [0.5, 0.6) is 0 Å². The number of cyclic esters (lactones) is 1. The van der Waals surface area contributed by atoms with E-state index >= 15 is 0 Å². The van der Waals surface area contributed by atoms with E-state index in [4.69, 9.17) is 4.74 Å². The first-order chi connectivity index (χ1) is 7.16. The van der Waals surface area contributed by atoms with Gasteiger partial charge in [-0.25, -0.2) is 4.79 Å². The second kappa shape index (κ2) is 4.23. The number of carbonyl (C=O) groups excluding carboxylic acids is 1. The van der Waals surface area contributed by atoms with E-state index in [-0.39, 0.29) is 18.2 Å². The molecule has 1 saturated heterocycles. The van der Waals surface area contributed by atoms with Gasteiger partial charge in [0.2, 0.25) is 0 Å². The summed E-state index contributed by atoms with van der Waals surface area (Å²) >= 11 is 1.64. The number of hydrogen-bond donors (Lipinski definition) is 1. The van der Waals surface area contributed by atoms with Gasteiger partial charge in [0.15, 0.2) is 6.10 Å². The zero-order valence-electron chi connectivity index (χ0n) is 8.90. The predicted molar refractivity (Wildman–Crippen MR) is 59.9 cm³/mol. The summed E-state index contributed by atoms with van der Waals surface area (Å²) in [7, 11) is 0. The van der Waals surface area contributed by atoms with Crippen LogP contribution in [0.2, 0.25) is 0 Å². The fourth-order valence-electron chi connectivity index (χ4n) is 1.86. The second-order valence-corrected chi connectivity index (χ2v) is 5.20. The molecular formula is C11H15NO2S. The zero-order valence-corrected chi connectivity index (χ0v) is 9.71. The first-order valence-electron chi connectivity index (χ1n) is 5.17. The van der Waals surface area contributed by atoms with Gasteiger partial charge in [-0.3, -0.25) is 0 Å². The first kappa shape index (κ1) is 10.5. The highest BCUT2D eigenvalue weighted by atomic mass is 32.1. The van der Waals surface area contributed by atoms with Gasteiger partial charge in [0.25, 0.3) is 0 Å². The number of amides is 1. The van der Waals surface area contributed by atoms with Crippen LogP contribution in [0, 0.1) is 5.92 Å². The Bertz CT molecular complexity index is 334. The van der Waals surface area contributed by atoms with Crippen molar-refractivity contribution in [3.05, 3.63) is 22.4 Å². The van der Waals surface area contributed by atoms with E-state index in [0.29, 0.717) is 5.92 Å². The molecule has 1 aliphatic rings. The summed E-state index contributed by atoms with van der Waals surface area (Å²) in [5.41, 5.74) is 0. The van der Waals surface area contributed by atoms with Crippen molar-refractivity contribution in [2.24, 2.45) is 5.92 Å². The second-order valence-electron chi connectivity index (χ2n) is 4.22. The number of ether oxygens (including phenoxy) is 1. The van der Waals surface area contributed by atoms with Crippen LogP contribution >= 0.6 is 11.3 Å². The number of rotatable bonds is 3. The molecule has 0 saturated carbocycles. The Labute approximate surface area is 93.4 Å². The van der Waals surface area contributed by atoms with Crippen LogP contribution in [0.4, 0.5) is 4.79 Å². The normalized spacial score (nSPS) is 25.4. The van der Waals surface area contributed by atoms with Crippen molar-refractivity contribution < 1.29 is 9.53 Å². The van der Waals surface area contributed by atoms with Crippen LogP contribution in [0.3, 0.4) is 0 Å². The lowest BCUT2D eigenvalue weighted by Gasteiger charge is -2.17. The minimum absolute atomic E-state index is 0.0973. The highest BCUT2D eigenvalue weighted by Gasteiger charge is 2.35. The predicted octanol–water partition coefficient (Wildman–Crippen LogP) is 2.94. The molecule has 0 spiro atoms. The number of thiophene rings is 1. The van der Waals surface area contributed by atoms with E-state index < -0.39 is 0 Å². The van der Waals surface area contributed by atoms with Gasteiger partial charge in [-0.05, 0) is 23.8 Å². The summed E-state index contributed by atoms with van der Waals surface area (Å²) in [4.78, 5) is 12.3. The molecule has 1 aromatic rings. The van der Waals surface area contributed by atoms with Crippen molar-refractivity contribution in [1.82, 2.24) is 5.32 Å². The maximum atomic E-state index is 11.2. The van der Waals surface area contributed by atoms with Gasteiger partial charge in [-0.15, -0.1) is 11.3 Å². The summed E-state index contributed by atoms with van der Waals surface area (Å²) in [6.07, 6.45) is 0.563. The van der Waals surface area contributed by atoms with Crippen molar-refractivity contribution in [3.8, 4) is 0 Å². The molecule has 0 bridgehead atoms. The van der Waals surface area contributed by atoms with E-state index in [2.05, 4.69) is 19.2 Å². The van der Waals surface area contributed by atoms with Gasteiger partial charge in [0.05, 0.1) is 6.04 Å². The minimum Gasteiger partial charge on any atom is -0.438 e. The van der Waals surface area contributed by atoms with Crippen molar-refractivity contribution in [1.29, 1.82) is 0 Å². The average molecular weight is 225 g/mol. The van der Waals surface area contributed by atoms with Gasteiger partial charge < -0.3 is 10.1 Å². The third-order valence-corrected chi connectivity index (χ3v) is 3.39. The van der Waals surface area contributed by atoms with Crippen LogP contribution in [-0.4, -0.2) is 12.1 Å². The fraction of sp³-hybridized carbons (Fsp3) is 0.545. The molecule has 1 N–H and O–H groups in total. The molecule has 1 fully saturated rings. The molecule has 15 heavy (non-hydrogen) atoms. The molecule has 0 radical (unpaired) electrons. The Hall–Kier alpha value is -1.03. The SMILES string of the molecule is CC(C)C[C@@H]1NC(=O)OC1c1cccs1. The van der Waals surface area contributed by atoms with Crippen LogP contribution < -0.4 is 5.32 Å². The van der Waals surface area contributed by atoms with Crippen molar-refractivity contribution in [3.63, 3.8) is 0 Å². The van der Waals surface area contributed by atoms with Gasteiger partial charge in [-0.2, -0.15) is 0 Å². The third kappa shape index (κ3) is 2.31. The summed E-state index contributed by atoms with van der Waals surface area (Å²) in [6, 6.07) is 4.12. The molecule has 1 aromatic heterocycles. The number of nitrogens with one attached hydrogen (secondary N) is 1. The van der Waals surface area contributed by atoms with Gasteiger partial charge in [0, 0.05) is 4.88 Å². The highest BCUT2D eigenvalue weighted by Crippen LogP contribution is 2.32. The fourth-order valence-corrected chi connectivity index (χ4v) is 2.68. The van der Waals surface area contributed by atoms with Crippen LogP contribution in [-0.2, 0) is 4.74 Å². The molecule has 0 aromatic carbocycles. The standard InChI is InChI=1S/C11H15NO2S/c1-7(2)6-8-10(14-11(13)12-8)9-4-3-5-15-9/h3-5,7-8,10H,6H2,1-2H3,(H,12,13)/t8-,10?/m0/s1. The lowest BCUT2D eigenvalue weighted by Crippen LogP contribution is -2.28. The van der Waals surface area contributed by atoms with Crippen LogP contribution in [0.15, 0.2) is 17.5 Å². The minimum atomic E-state index is -0.293. The van der Waals surface area contributed by atoms with Crippen LogP contribution in [0.1, 0.15) is 31.2 Å². The van der Waals surface area contributed by atoms with Gasteiger partial charge in [-0.1, -0.05) is 19.9 Å². The first-order valence-corrected chi connectivity index (χ1v) is 6.05. The molecule has 1 amide bonds. The maximum absolute atomic E-state index is 11.2. The molecule has 2 atom stereocenters.